The van der Waals surface area contributed by atoms with E-state index in [-0.39, 0.29) is 5.91 Å². The van der Waals surface area contributed by atoms with Gasteiger partial charge in [-0.25, -0.2) is 5.06 Å². The first kappa shape index (κ1) is 10.2. The van der Waals surface area contributed by atoms with Crippen molar-refractivity contribution >= 4 is 5.91 Å². The summed E-state index contributed by atoms with van der Waals surface area (Å²) in [5, 5.41) is 5.12. The first-order valence-corrected chi connectivity index (χ1v) is 4.93. The summed E-state index contributed by atoms with van der Waals surface area (Å²) in [4.78, 5) is 16.8. The quantitative estimate of drug-likeness (QED) is 0.709. The van der Waals surface area contributed by atoms with E-state index in [0.717, 1.165) is 18.5 Å². The lowest BCUT2D eigenvalue weighted by molar-refractivity contribution is -0.0758. The van der Waals surface area contributed by atoms with Gasteiger partial charge in [-0.1, -0.05) is 5.16 Å². The van der Waals surface area contributed by atoms with E-state index in [0.29, 0.717) is 17.2 Å². The van der Waals surface area contributed by atoms with Gasteiger partial charge in [0.2, 0.25) is 0 Å². The van der Waals surface area contributed by atoms with Gasteiger partial charge >= 0.3 is 0 Å². The fourth-order valence-electron chi connectivity index (χ4n) is 1.53. The molecule has 0 saturated heterocycles. The van der Waals surface area contributed by atoms with Crippen LogP contribution in [0.15, 0.2) is 4.52 Å². The molecule has 0 aromatic carbocycles. The van der Waals surface area contributed by atoms with Crippen molar-refractivity contribution < 1.29 is 14.2 Å². The van der Waals surface area contributed by atoms with Gasteiger partial charge in [-0.3, -0.25) is 9.63 Å². The van der Waals surface area contributed by atoms with Crippen molar-refractivity contribution in [1.29, 1.82) is 0 Å². The molecule has 1 aromatic heterocycles. The first-order valence-electron chi connectivity index (χ1n) is 4.93. The molecule has 1 fully saturated rings. The zero-order valence-electron chi connectivity index (χ0n) is 9.11. The van der Waals surface area contributed by atoms with Crippen LogP contribution < -0.4 is 0 Å². The van der Waals surface area contributed by atoms with Crippen LogP contribution in [0.25, 0.3) is 0 Å². The monoisotopic (exact) mass is 210 g/mol. The summed E-state index contributed by atoms with van der Waals surface area (Å²) < 4.78 is 5.06. The van der Waals surface area contributed by atoms with Crippen LogP contribution >= 0.6 is 0 Å². The molecule has 0 bridgehead atoms. The minimum Gasteiger partial charge on any atom is -0.361 e. The van der Waals surface area contributed by atoms with Crippen LogP contribution in [-0.2, 0) is 4.84 Å². The summed E-state index contributed by atoms with van der Waals surface area (Å²) in [6, 6.07) is 0. The highest BCUT2D eigenvalue weighted by molar-refractivity contribution is 5.95. The van der Waals surface area contributed by atoms with Crippen LogP contribution in [-0.4, -0.2) is 30.3 Å². The van der Waals surface area contributed by atoms with Crippen LogP contribution in [0.4, 0.5) is 0 Å². The molecule has 1 saturated carbocycles. The predicted molar refractivity (Wildman–Crippen MR) is 52.3 cm³/mol. The van der Waals surface area contributed by atoms with Gasteiger partial charge < -0.3 is 4.52 Å². The minimum atomic E-state index is -0.196. The molecule has 5 nitrogen and oxygen atoms in total. The lowest BCUT2D eigenvalue weighted by atomic mass is 10.1. The molecule has 2 rings (SSSR count). The topological polar surface area (TPSA) is 55.6 Å². The molecule has 5 heteroatoms. The van der Waals surface area contributed by atoms with Crippen molar-refractivity contribution in [3.63, 3.8) is 0 Å². The third kappa shape index (κ3) is 1.74. The van der Waals surface area contributed by atoms with Gasteiger partial charge in [0.05, 0.1) is 12.8 Å². The molecular weight excluding hydrogens is 196 g/mol. The number of hydroxylamine groups is 2. The smallest absolute Gasteiger partial charge is 0.282 e. The maximum absolute atomic E-state index is 11.9. The van der Waals surface area contributed by atoms with Crippen molar-refractivity contribution in [1.82, 2.24) is 10.2 Å². The Morgan fingerprint density at radius 1 is 1.60 bits per heavy atom. The number of hydrogen-bond donors (Lipinski definition) is 0. The molecule has 0 N–H and O–H groups in total. The Bertz CT molecular complexity index is 382. The highest BCUT2D eigenvalue weighted by atomic mass is 16.7. The van der Waals surface area contributed by atoms with Gasteiger partial charge in [0.15, 0.2) is 0 Å². The van der Waals surface area contributed by atoms with Crippen molar-refractivity contribution in [2.75, 3.05) is 14.2 Å². The van der Waals surface area contributed by atoms with Crippen LogP contribution in [0.1, 0.15) is 40.6 Å². The summed E-state index contributed by atoms with van der Waals surface area (Å²) in [5.74, 6) is 0.760. The SMILES string of the molecule is CON(C)C(=O)c1c(C2CC2)noc1C. The number of carbonyl (C=O) groups excluding carboxylic acids is 1. The fourth-order valence-corrected chi connectivity index (χ4v) is 1.53. The molecule has 0 aliphatic heterocycles. The number of carbonyl (C=O) groups is 1. The molecule has 1 aromatic rings. The number of nitrogens with zero attached hydrogens (tertiary/aromatic N) is 2. The second-order valence-electron chi connectivity index (χ2n) is 3.76. The Hall–Kier alpha value is -1.36. The average molecular weight is 210 g/mol. The van der Waals surface area contributed by atoms with E-state index < -0.39 is 0 Å². The van der Waals surface area contributed by atoms with Crippen LogP contribution in [0.3, 0.4) is 0 Å². The molecule has 0 spiro atoms. The maximum Gasteiger partial charge on any atom is 0.282 e. The Morgan fingerprint density at radius 3 is 2.80 bits per heavy atom. The zero-order valence-corrected chi connectivity index (χ0v) is 9.11. The summed E-state index contributed by atoms with van der Waals surface area (Å²) in [6.45, 7) is 1.75. The summed E-state index contributed by atoms with van der Waals surface area (Å²) in [6.07, 6.45) is 2.17. The summed E-state index contributed by atoms with van der Waals surface area (Å²) >= 11 is 0. The van der Waals surface area contributed by atoms with Gasteiger partial charge in [-0.2, -0.15) is 0 Å². The maximum atomic E-state index is 11.9. The van der Waals surface area contributed by atoms with E-state index in [2.05, 4.69) is 5.16 Å². The van der Waals surface area contributed by atoms with Crippen molar-refractivity contribution in [3.8, 4) is 0 Å². The Balaban J connectivity index is 2.32. The van der Waals surface area contributed by atoms with Gasteiger partial charge in [0.1, 0.15) is 11.3 Å². The van der Waals surface area contributed by atoms with E-state index in [1.165, 1.54) is 12.2 Å². The zero-order chi connectivity index (χ0) is 11.0. The molecule has 15 heavy (non-hydrogen) atoms. The molecule has 1 amide bonds. The molecule has 1 aliphatic rings. The Labute approximate surface area is 87.9 Å². The molecule has 1 heterocycles. The van der Waals surface area contributed by atoms with Crippen molar-refractivity contribution in [3.05, 3.63) is 17.0 Å². The molecule has 0 radical (unpaired) electrons. The molecule has 82 valence electrons. The van der Waals surface area contributed by atoms with E-state index in [4.69, 9.17) is 9.36 Å². The third-order valence-electron chi connectivity index (χ3n) is 2.63. The number of amides is 1. The van der Waals surface area contributed by atoms with Gasteiger partial charge in [-0.05, 0) is 19.8 Å². The van der Waals surface area contributed by atoms with E-state index >= 15 is 0 Å². The lowest BCUT2D eigenvalue weighted by Gasteiger charge is -2.13. The van der Waals surface area contributed by atoms with Gasteiger partial charge in [0, 0.05) is 13.0 Å². The Kier molecular flexibility index (Phi) is 2.48. The molecule has 0 unspecified atom stereocenters. The number of rotatable bonds is 3. The number of aromatic nitrogens is 1. The largest absolute Gasteiger partial charge is 0.361 e. The highest BCUT2D eigenvalue weighted by Crippen LogP contribution is 2.41. The second kappa shape index (κ2) is 3.66. The van der Waals surface area contributed by atoms with E-state index in [1.807, 2.05) is 0 Å². The number of aryl methyl sites for hydroxylation is 1. The summed E-state index contributed by atoms with van der Waals surface area (Å²) in [5.41, 5.74) is 1.34. The van der Waals surface area contributed by atoms with E-state index in [1.54, 1.807) is 14.0 Å². The lowest BCUT2D eigenvalue weighted by Crippen LogP contribution is -2.26. The predicted octanol–water partition coefficient (Wildman–Crippen LogP) is 1.49. The van der Waals surface area contributed by atoms with Crippen molar-refractivity contribution in [2.45, 2.75) is 25.7 Å². The average Bonchev–Trinajstić information content (AvgIpc) is 3.00. The molecular formula is C10H14N2O3. The van der Waals surface area contributed by atoms with Gasteiger partial charge in [-0.15, -0.1) is 0 Å². The third-order valence-corrected chi connectivity index (χ3v) is 2.63. The van der Waals surface area contributed by atoms with E-state index in [9.17, 15) is 4.79 Å². The van der Waals surface area contributed by atoms with Crippen molar-refractivity contribution in [2.24, 2.45) is 0 Å². The standard InChI is InChI=1S/C10H14N2O3/c1-6-8(10(13)12(2)14-3)9(11-15-6)7-4-5-7/h7H,4-5H2,1-3H3. The normalized spacial score (nSPS) is 15.4. The van der Waals surface area contributed by atoms with Crippen LogP contribution in [0.5, 0.6) is 0 Å². The first-order chi connectivity index (χ1) is 7.15. The minimum absolute atomic E-state index is 0.196. The van der Waals surface area contributed by atoms with Crippen LogP contribution in [0.2, 0.25) is 0 Å². The number of hydrogen-bond acceptors (Lipinski definition) is 4. The molecule has 0 atom stereocenters. The van der Waals surface area contributed by atoms with Crippen LogP contribution in [0, 0.1) is 6.92 Å². The molecule has 1 aliphatic carbocycles. The summed E-state index contributed by atoms with van der Waals surface area (Å²) in [7, 11) is 3.03. The fraction of sp³-hybridized carbons (Fsp3) is 0.600. The highest BCUT2D eigenvalue weighted by Gasteiger charge is 2.34. The Morgan fingerprint density at radius 2 is 2.27 bits per heavy atom. The van der Waals surface area contributed by atoms with Gasteiger partial charge in [0.25, 0.3) is 5.91 Å². The second-order valence-corrected chi connectivity index (χ2v) is 3.76.